The number of aliphatic hydroxyl groups is 1. The summed E-state index contributed by atoms with van der Waals surface area (Å²) in [4.78, 5) is 18.6. The van der Waals surface area contributed by atoms with Crippen LogP contribution in [0, 0.1) is 5.82 Å². The van der Waals surface area contributed by atoms with E-state index in [4.69, 9.17) is 9.10 Å². The molecule has 1 unspecified atom stereocenters. The van der Waals surface area contributed by atoms with Crippen molar-refractivity contribution in [2.75, 3.05) is 7.11 Å². The number of amides is 1. The summed E-state index contributed by atoms with van der Waals surface area (Å²) in [5.41, 5.74) is 2.46. The Labute approximate surface area is 225 Å². The molecule has 3 aromatic rings. The van der Waals surface area contributed by atoms with Crippen LogP contribution in [0.25, 0.3) is 0 Å². The van der Waals surface area contributed by atoms with E-state index in [1.807, 2.05) is 52.0 Å². The number of rotatable bonds is 10. The second-order valence-corrected chi connectivity index (χ2v) is 12.8. The molecule has 9 heteroatoms. The average molecular weight is 546 g/mol. The third kappa shape index (κ3) is 7.69. The van der Waals surface area contributed by atoms with E-state index in [9.17, 15) is 14.3 Å². The molecule has 1 aromatic heterocycles. The van der Waals surface area contributed by atoms with E-state index in [0.29, 0.717) is 15.8 Å². The van der Waals surface area contributed by atoms with Crippen LogP contribution in [0.4, 0.5) is 4.39 Å². The van der Waals surface area contributed by atoms with Crippen LogP contribution in [0.1, 0.15) is 80.5 Å². The van der Waals surface area contributed by atoms with Crippen molar-refractivity contribution < 1.29 is 19.0 Å². The molecule has 0 aliphatic carbocycles. The Morgan fingerprint density at radius 1 is 1.16 bits per heavy atom. The molecule has 0 radical (unpaired) electrons. The lowest BCUT2D eigenvalue weighted by Gasteiger charge is -2.20. The Balaban J connectivity index is 1.93. The summed E-state index contributed by atoms with van der Waals surface area (Å²) in [7, 11) is 0.581. The number of carbonyl (C=O) groups excluding carboxylic acids is 1. The molecule has 200 valence electrons. The van der Waals surface area contributed by atoms with Gasteiger partial charge in [-0.05, 0) is 72.2 Å². The molecule has 1 heterocycles. The second kappa shape index (κ2) is 12.3. The first kappa shape index (κ1) is 28.9. The number of benzene rings is 2. The Kier molecular flexibility index (Phi) is 9.61. The zero-order chi connectivity index (χ0) is 27.3. The minimum Gasteiger partial charge on any atom is -0.497 e. The number of methoxy groups -OCH3 is 1. The molecule has 2 N–H and O–H groups in total. The number of hydrogen-bond acceptors (Lipinski definition) is 6. The average Bonchev–Trinajstić information content (AvgIpc) is 3.33. The van der Waals surface area contributed by atoms with Gasteiger partial charge in [0.05, 0.1) is 41.4 Å². The summed E-state index contributed by atoms with van der Waals surface area (Å²) >= 11 is 1.33. The number of nitrogens with zero attached hydrogens (tertiary/aromatic N) is 2. The highest BCUT2D eigenvalue weighted by Gasteiger charge is 2.23. The third-order valence-corrected chi connectivity index (χ3v) is 8.94. The summed E-state index contributed by atoms with van der Waals surface area (Å²) in [6.45, 7) is 11.8. The van der Waals surface area contributed by atoms with Gasteiger partial charge in [0.25, 0.3) is 0 Å². The molecule has 6 nitrogen and oxygen atoms in total. The molecule has 1 atom stereocenters. The van der Waals surface area contributed by atoms with E-state index < -0.39 is 16.5 Å². The largest absolute Gasteiger partial charge is 0.497 e. The minimum absolute atomic E-state index is 0.0716. The minimum atomic E-state index is -1.04. The lowest BCUT2D eigenvalue weighted by atomic mass is 9.87. The van der Waals surface area contributed by atoms with Gasteiger partial charge >= 0.3 is 0 Å². The molecule has 0 saturated heterocycles. The molecule has 2 aromatic carbocycles. The van der Waals surface area contributed by atoms with Crippen LogP contribution in [0.2, 0.25) is 0 Å². The van der Waals surface area contributed by atoms with Crippen molar-refractivity contribution in [3.63, 3.8) is 0 Å². The van der Waals surface area contributed by atoms with E-state index in [2.05, 4.69) is 9.71 Å². The standard InChI is InChI=1S/C28H36FN3O3S2/c1-17(2)22-12-20(29)13-23(18(3)4)24(22)14-26(33)32-37(27-30-16-25(36-27)28(5,6)34)31-15-19-8-10-21(35-7)11-9-19/h8-13,16-18,34H,14-15H2,1-7H3,(H,31,32,33). The Bertz CT molecular complexity index is 1230. The smallest absolute Gasteiger partial charge is 0.235 e. The first-order chi connectivity index (χ1) is 17.4. The lowest BCUT2D eigenvalue weighted by molar-refractivity contribution is -0.118. The maximum Gasteiger partial charge on any atom is 0.235 e. The SMILES string of the molecule is COc1ccc(C/N=S(/NC(=O)Cc2c(C(C)C)cc(F)cc2C(C)C)c2ncc(C(C)(C)O)s2)cc1. The second-order valence-electron chi connectivity index (χ2n) is 10.0. The summed E-state index contributed by atoms with van der Waals surface area (Å²) in [5.74, 6) is 0.404. The van der Waals surface area contributed by atoms with Crippen molar-refractivity contribution in [3.8, 4) is 5.75 Å². The van der Waals surface area contributed by atoms with Crippen LogP contribution in [0.15, 0.2) is 51.3 Å². The van der Waals surface area contributed by atoms with Gasteiger partial charge in [0, 0.05) is 6.20 Å². The normalized spacial score (nSPS) is 12.8. The van der Waals surface area contributed by atoms with Crippen LogP contribution in [-0.4, -0.2) is 23.1 Å². The van der Waals surface area contributed by atoms with Crippen LogP contribution >= 0.6 is 11.3 Å². The fourth-order valence-corrected chi connectivity index (χ4v) is 6.35. The summed E-state index contributed by atoms with van der Waals surface area (Å²) in [6, 6.07) is 10.7. The van der Waals surface area contributed by atoms with Gasteiger partial charge in [0.15, 0.2) is 4.34 Å². The maximum atomic E-state index is 14.4. The highest BCUT2D eigenvalue weighted by molar-refractivity contribution is 7.88. The van der Waals surface area contributed by atoms with Crippen molar-refractivity contribution >= 4 is 28.1 Å². The molecule has 0 aliphatic rings. The topological polar surface area (TPSA) is 83.8 Å². The molecule has 0 aliphatic heterocycles. The van der Waals surface area contributed by atoms with Crippen LogP contribution < -0.4 is 9.46 Å². The van der Waals surface area contributed by atoms with E-state index in [0.717, 1.165) is 28.0 Å². The fraction of sp³-hybridized carbons (Fsp3) is 0.429. The number of aromatic nitrogens is 1. The molecular weight excluding hydrogens is 509 g/mol. The van der Waals surface area contributed by atoms with E-state index >= 15 is 0 Å². The molecule has 0 saturated carbocycles. The highest BCUT2D eigenvalue weighted by atomic mass is 32.2. The van der Waals surface area contributed by atoms with Crippen LogP contribution in [0.5, 0.6) is 5.75 Å². The number of hydrogen-bond donors (Lipinski definition) is 2. The van der Waals surface area contributed by atoms with Crippen molar-refractivity contribution in [1.82, 2.24) is 9.71 Å². The maximum absolute atomic E-state index is 14.4. The lowest BCUT2D eigenvalue weighted by Crippen LogP contribution is -2.28. The van der Waals surface area contributed by atoms with Gasteiger partial charge in [0.2, 0.25) is 5.91 Å². The van der Waals surface area contributed by atoms with Crippen molar-refractivity contribution in [2.24, 2.45) is 4.36 Å². The van der Waals surface area contributed by atoms with E-state index in [-0.39, 0.29) is 30.0 Å². The number of ether oxygens (including phenoxy) is 1. The number of nitrogens with one attached hydrogen (secondary N) is 1. The van der Waals surface area contributed by atoms with Crippen molar-refractivity contribution in [3.05, 3.63) is 75.5 Å². The van der Waals surface area contributed by atoms with Crippen molar-refractivity contribution in [2.45, 2.75) is 76.3 Å². The summed E-state index contributed by atoms with van der Waals surface area (Å²) < 4.78 is 28.0. The van der Waals surface area contributed by atoms with Gasteiger partial charge in [-0.15, -0.1) is 11.3 Å². The molecule has 0 fully saturated rings. The van der Waals surface area contributed by atoms with Crippen LogP contribution in [0.3, 0.4) is 0 Å². The zero-order valence-corrected chi connectivity index (χ0v) is 24.1. The fourth-order valence-electron chi connectivity index (χ4n) is 3.85. The highest BCUT2D eigenvalue weighted by Crippen LogP contribution is 2.30. The molecular formula is C28H36FN3O3S2. The van der Waals surface area contributed by atoms with Gasteiger partial charge in [0.1, 0.15) is 11.6 Å². The zero-order valence-electron chi connectivity index (χ0n) is 22.5. The molecule has 37 heavy (non-hydrogen) atoms. The van der Waals surface area contributed by atoms with Gasteiger partial charge in [-0.25, -0.2) is 13.7 Å². The van der Waals surface area contributed by atoms with Gasteiger partial charge in [-0.1, -0.05) is 39.8 Å². The molecule has 1 amide bonds. The van der Waals surface area contributed by atoms with E-state index in [1.54, 1.807) is 27.2 Å². The Hall–Kier alpha value is -2.62. The quantitative estimate of drug-likeness (QED) is 0.309. The summed E-state index contributed by atoms with van der Waals surface area (Å²) in [5, 5.41) is 10.4. The van der Waals surface area contributed by atoms with Gasteiger partial charge in [-0.3, -0.25) is 9.52 Å². The van der Waals surface area contributed by atoms with Crippen LogP contribution in [-0.2, 0) is 34.2 Å². The first-order valence-electron chi connectivity index (χ1n) is 12.2. The third-order valence-electron chi connectivity index (χ3n) is 5.86. The Morgan fingerprint density at radius 3 is 2.24 bits per heavy atom. The monoisotopic (exact) mass is 545 g/mol. The summed E-state index contributed by atoms with van der Waals surface area (Å²) in [6.07, 6.45) is 1.75. The van der Waals surface area contributed by atoms with E-state index in [1.165, 1.54) is 23.5 Å². The first-order valence-corrected chi connectivity index (χ1v) is 14.2. The predicted molar refractivity (Wildman–Crippen MR) is 149 cm³/mol. The Morgan fingerprint density at radius 2 is 1.76 bits per heavy atom. The van der Waals surface area contributed by atoms with Gasteiger partial charge < -0.3 is 9.84 Å². The number of halogens is 1. The predicted octanol–water partition coefficient (Wildman–Crippen LogP) is 6.40. The van der Waals surface area contributed by atoms with Crippen molar-refractivity contribution in [1.29, 1.82) is 0 Å². The molecule has 0 bridgehead atoms. The van der Waals surface area contributed by atoms with Gasteiger partial charge in [-0.2, -0.15) is 0 Å². The number of carbonyl (C=O) groups is 1. The number of thiazole rings is 1. The molecule has 0 spiro atoms. The molecule has 3 rings (SSSR count).